The Balaban J connectivity index is 2.74. The van der Waals surface area contributed by atoms with Gasteiger partial charge in [-0.25, -0.2) is 9.67 Å². The number of nitrogens with zero attached hydrogens (tertiary/aromatic N) is 3. The minimum absolute atomic E-state index is 0.270. The van der Waals surface area contributed by atoms with E-state index in [4.69, 9.17) is 0 Å². The van der Waals surface area contributed by atoms with E-state index in [9.17, 15) is 5.11 Å². The molecule has 0 bridgehead atoms. The Morgan fingerprint density at radius 1 is 1.40 bits per heavy atom. The quantitative estimate of drug-likeness (QED) is 0.808. The van der Waals surface area contributed by atoms with Gasteiger partial charge < -0.3 is 5.11 Å². The average molecular weight is 211 g/mol. The summed E-state index contributed by atoms with van der Waals surface area (Å²) < 4.78 is 1.92. The van der Waals surface area contributed by atoms with Crippen LogP contribution in [-0.2, 0) is 6.42 Å². The maximum Gasteiger partial charge on any atom is 0.138 e. The highest BCUT2D eigenvalue weighted by molar-refractivity contribution is 4.89. The Hall–Kier alpha value is -0.900. The number of aliphatic hydroxyl groups is 1. The number of hydrogen-bond donors (Lipinski definition) is 1. The molecule has 0 fully saturated rings. The normalized spacial score (nSPS) is 15.6. The lowest BCUT2D eigenvalue weighted by atomic mass is 9.96. The second-order valence-electron chi connectivity index (χ2n) is 4.33. The van der Waals surface area contributed by atoms with E-state index >= 15 is 0 Å². The van der Waals surface area contributed by atoms with Gasteiger partial charge in [0.15, 0.2) is 0 Å². The molecule has 4 nitrogen and oxygen atoms in total. The van der Waals surface area contributed by atoms with Crippen LogP contribution in [0.3, 0.4) is 0 Å². The van der Waals surface area contributed by atoms with Crippen LogP contribution < -0.4 is 0 Å². The Bertz CT molecular complexity index is 294. The van der Waals surface area contributed by atoms with Crippen molar-refractivity contribution in [3.63, 3.8) is 0 Å². The summed E-state index contributed by atoms with van der Waals surface area (Å²) in [6.45, 7) is 8.10. The summed E-state index contributed by atoms with van der Waals surface area (Å²) >= 11 is 0. The van der Waals surface area contributed by atoms with Crippen molar-refractivity contribution in [1.82, 2.24) is 14.8 Å². The molecule has 0 aromatic carbocycles. The molecular formula is C11H21N3O. The first-order valence-corrected chi connectivity index (χ1v) is 5.62. The van der Waals surface area contributed by atoms with Crippen LogP contribution in [0.2, 0.25) is 0 Å². The fourth-order valence-corrected chi connectivity index (χ4v) is 1.74. The Morgan fingerprint density at radius 3 is 2.53 bits per heavy atom. The van der Waals surface area contributed by atoms with Gasteiger partial charge in [-0.05, 0) is 26.7 Å². The van der Waals surface area contributed by atoms with Crippen molar-refractivity contribution < 1.29 is 5.11 Å². The molecule has 1 rings (SSSR count). The fraction of sp³-hybridized carbons (Fsp3) is 0.818. The highest BCUT2D eigenvalue weighted by Crippen LogP contribution is 2.16. The van der Waals surface area contributed by atoms with E-state index < -0.39 is 0 Å². The van der Waals surface area contributed by atoms with Crippen molar-refractivity contribution in [1.29, 1.82) is 0 Å². The van der Waals surface area contributed by atoms with E-state index in [1.54, 1.807) is 6.33 Å². The minimum atomic E-state index is -0.285. The van der Waals surface area contributed by atoms with Crippen LogP contribution in [0.5, 0.6) is 0 Å². The third-order valence-electron chi connectivity index (χ3n) is 2.79. The second-order valence-corrected chi connectivity index (χ2v) is 4.33. The summed E-state index contributed by atoms with van der Waals surface area (Å²) in [5.74, 6) is 1.24. The zero-order chi connectivity index (χ0) is 11.4. The number of rotatable bonds is 5. The van der Waals surface area contributed by atoms with Gasteiger partial charge in [-0.2, -0.15) is 5.10 Å². The average Bonchev–Trinajstić information content (AvgIpc) is 2.61. The summed E-state index contributed by atoms with van der Waals surface area (Å²) in [7, 11) is 0. The van der Waals surface area contributed by atoms with Crippen LogP contribution in [-0.4, -0.2) is 26.0 Å². The van der Waals surface area contributed by atoms with Crippen molar-refractivity contribution in [3.05, 3.63) is 12.2 Å². The molecule has 0 aliphatic rings. The monoisotopic (exact) mass is 211 g/mol. The molecule has 0 radical (unpaired) electrons. The molecule has 1 aromatic rings. The molecule has 1 N–H and O–H groups in total. The molecule has 0 saturated heterocycles. The molecule has 0 amide bonds. The van der Waals surface area contributed by atoms with Gasteiger partial charge in [-0.3, -0.25) is 0 Å². The first kappa shape index (κ1) is 12.2. The van der Waals surface area contributed by atoms with Crippen molar-refractivity contribution in [2.75, 3.05) is 0 Å². The smallest absolute Gasteiger partial charge is 0.138 e. The molecule has 1 heterocycles. The van der Waals surface area contributed by atoms with Gasteiger partial charge in [0.2, 0.25) is 0 Å². The molecule has 86 valence electrons. The second kappa shape index (κ2) is 5.26. The molecule has 0 spiro atoms. The first-order valence-electron chi connectivity index (χ1n) is 5.62. The van der Waals surface area contributed by atoms with Gasteiger partial charge in [-0.1, -0.05) is 13.3 Å². The van der Waals surface area contributed by atoms with Gasteiger partial charge in [0.25, 0.3) is 0 Å². The summed E-state index contributed by atoms with van der Waals surface area (Å²) in [5, 5.41) is 13.8. The SMILES string of the molecule is CCC(Cc1ncnn1C(C)C)C(C)O. The zero-order valence-corrected chi connectivity index (χ0v) is 10.0. The zero-order valence-electron chi connectivity index (χ0n) is 10.0. The van der Waals surface area contributed by atoms with E-state index in [1.165, 1.54) is 0 Å². The third kappa shape index (κ3) is 3.02. The maximum absolute atomic E-state index is 9.58. The number of aromatic nitrogens is 3. The van der Waals surface area contributed by atoms with Crippen molar-refractivity contribution in [2.24, 2.45) is 5.92 Å². The van der Waals surface area contributed by atoms with E-state index in [0.717, 1.165) is 18.7 Å². The molecule has 0 aliphatic carbocycles. The van der Waals surface area contributed by atoms with Gasteiger partial charge in [0, 0.05) is 12.5 Å². The largest absolute Gasteiger partial charge is 0.393 e. The van der Waals surface area contributed by atoms with E-state index in [1.807, 2.05) is 11.6 Å². The Morgan fingerprint density at radius 2 is 2.07 bits per heavy atom. The van der Waals surface area contributed by atoms with Gasteiger partial charge in [0.05, 0.1) is 6.10 Å². The van der Waals surface area contributed by atoms with Crippen molar-refractivity contribution in [2.45, 2.75) is 52.7 Å². The molecular weight excluding hydrogens is 190 g/mol. The third-order valence-corrected chi connectivity index (χ3v) is 2.79. The van der Waals surface area contributed by atoms with Gasteiger partial charge >= 0.3 is 0 Å². The van der Waals surface area contributed by atoms with Crippen molar-refractivity contribution >= 4 is 0 Å². The Kier molecular flexibility index (Phi) is 4.27. The van der Waals surface area contributed by atoms with E-state index in [0.29, 0.717) is 6.04 Å². The molecule has 15 heavy (non-hydrogen) atoms. The highest BCUT2D eigenvalue weighted by atomic mass is 16.3. The molecule has 2 atom stereocenters. The summed E-state index contributed by atoms with van der Waals surface area (Å²) in [6, 6.07) is 0.328. The van der Waals surface area contributed by atoms with Crippen LogP contribution in [0.4, 0.5) is 0 Å². The molecule has 1 aromatic heterocycles. The minimum Gasteiger partial charge on any atom is -0.393 e. The lowest BCUT2D eigenvalue weighted by molar-refractivity contribution is 0.120. The topological polar surface area (TPSA) is 50.9 Å². The maximum atomic E-state index is 9.58. The predicted molar refractivity (Wildman–Crippen MR) is 59.6 cm³/mol. The van der Waals surface area contributed by atoms with Crippen molar-refractivity contribution in [3.8, 4) is 0 Å². The highest BCUT2D eigenvalue weighted by Gasteiger charge is 2.17. The predicted octanol–water partition coefficient (Wildman–Crippen LogP) is 1.81. The van der Waals surface area contributed by atoms with Crippen LogP contribution in [0.25, 0.3) is 0 Å². The van der Waals surface area contributed by atoms with Crippen LogP contribution in [0.1, 0.15) is 46.0 Å². The summed E-state index contributed by atoms with van der Waals surface area (Å²) in [6.07, 6.45) is 3.06. The van der Waals surface area contributed by atoms with Crippen LogP contribution in [0, 0.1) is 5.92 Å². The van der Waals surface area contributed by atoms with Gasteiger partial charge in [-0.15, -0.1) is 0 Å². The first-order chi connectivity index (χ1) is 7.06. The van der Waals surface area contributed by atoms with Crippen LogP contribution >= 0.6 is 0 Å². The van der Waals surface area contributed by atoms with Gasteiger partial charge in [0.1, 0.15) is 12.2 Å². The summed E-state index contributed by atoms with van der Waals surface area (Å²) in [5.41, 5.74) is 0. The number of hydrogen-bond acceptors (Lipinski definition) is 3. The molecule has 4 heteroatoms. The lowest BCUT2D eigenvalue weighted by Gasteiger charge is -2.18. The molecule has 0 saturated carbocycles. The standard InChI is InChI=1S/C11H21N3O/c1-5-10(9(4)15)6-11-12-7-13-14(11)8(2)3/h7-10,15H,5-6H2,1-4H3. The summed E-state index contributed by atoms with van der Waals surface area (Å²) in [4.78, 5) is 4.25. The molecule has 0 aliphatic heterocycles. The number of aliphatic hydroxyl groups excluding tert-OH is 1. The van der Waals surface area contributed by atoms with E-state index in [-0.39, 0.29) is 12.0 Å². The van der Waals surface area contributed by atoms with Crippen LogP contribution in [0.15, 0.2) is 6.33 Å². The Labute approximate surface area is 91.3 Å². The molecule has 2 unspecified atom stereocenters. The van der Waals surface area contributed by atoms with E-state index in [2.05, 4.69) is 30.9 Å². The lowest BCUT2D eigenvalue weighted by Crippen LogP contribution is -2.21. The fourth-order valence-electron chi connectivity index (χ4n) is 1.74.